The Morgan fingerprint density at radius 2 is 1.84 bits per heavy atom. The molecule has 1 aliphatic heterocycles. The van der Waals surface area contributed by atoms with Gasteiger partial charge in [-0.1, -0.05) is 47.6 Å². The Kier molecular flexibility index (Phi) is 4.79. The lowest BCUT2D eigenvalue weighted by molar-refractivity contribution is 0.163. The highest BCUT2D eigenvalue weighted by atomic mass is 16.5. The van der Waals surface area contributed by atoms with Gasteiger partial charge in [0.25, 0.3) is 5.95 Å². The number of tetrazole rings is 2. The van der Waals surface area contributed by atoms with Crippen LogP contribution in [0, 0.1) is 0 Å². The molecule has 0 amide bonds. The number of ether oxygens (including phenoxy) is 1. The normalized spacial score (nSPS) is 16.2. The van der Waals surface area contributed by atoms with Crippen LogP contribution in [0.2, 0.25) is 0 Å². The number of allylic oxidation sites excluding steroid dienone is 1. The Balaban J connectivity index is 1.68. The summed E-state index contributed by atoms with van der Waals surface area (Å²) in [5, 5.41) is 26.3. The SMILES string of the molecule is CCOCC1=C(C)N(Cc2nnnn2N)c2nnnn2C1c1cccc2ccccc12. The number of nitrogen functional groups attached to an aromatic ring is 1. The van der Waals surface area contributed by atoms with E-state index in [0.29, 0.717) is 31.5 Å². The molecule has 1 aliphatic rings. The molecule has 0 fully saturated rings. The summed E-state index contributed by atoms with van der Waals surface area (Å²) in [7, 11) is 0. The minimum absolute atomic E-state index is 0.201. The van der Waals surface area contributed by atoms with Crippen LogP contribution >= 0.6 is 0 Å². The van der Waals surface area contributed by atoms with Gasteiger partial charge in [0.05, 0.1) is 13.2 Å². The van der Waals surface area contributed by atoms with Crippen LogP contribution in [-0.2, 0) is 11.3 Å². The maximum absolute atomic E-state index is 5.87. The first-order valence-corrected chi connectivity index (χ1v) is 10.0. The molecule has 0 saturated carbocycles. The number of nitrogens with two attached hydrogens (primary N) is 1. The largest absolute Gasteiger partial charge is 0.377 e. The van der Waals surface area contributed by atoms with Crippen LogP contribution in [0.15, 0.2) is 53.7 Å². The van der Waals surface area contributed by atoms with Gasteiger partial charge in [0.1, 0.15) is 6.04 Å². The fourth-order valence-corrected chi connectivity index (χ4v) is 4.05. The molecule has 31 heavy (non-hydrogen) atoms. The molecule has 0 radical (unpaired) electrons. The number of hydrogen-bond acceptors (Lipinski definition) is 9. The highest BCUT2D eigenvalue weighted by Gasteiger charge is 2.35. The van der Waals surface area contributed by atoms with E-state index < -0.39 is 0 Å². The molecule has 5 rings (SSSR count). The van der Waals surface area contributed by atoms with Gasteiger partial charge in [-0.05, 0) is 51.0 Å². The highest BCUT2D eigenvalue weighted by molar-refractivity contribution is 5.86. The lowest BCUT2D eigenvalue weighted by Crippen LogP contribution is -2.36. The fourth-order valence-electron chi connectivity index (χ4n) is 4.05. The van der Waals surface area contributed by atoms with Crippen molar-refractivity contribution in [3.8, 4) is 0 Å². The predicted molar refractivity (Wildman–Crippen MR) is 113 cm³/mol. The first-order valence-electron chi connectivity index (χ1n) is 10.0. The average molecular weight is 418 g/mol. The second-order valence-corrected chi connectivity index (χ2v) is 7.27. The number of hydrogen-bond donors (Lipinski definition) is 1. The first-order chi connectivity index (χ1) is 15.2. The molecule has 0 bridgehead atoms. The third-order valence-corrected chi connectivity index (χ3v) is 5.60. The van der Waals surface area contributed by atoms with Gasteiger partial charge in [0, 0.05) is 17.9 Å². The maximum Gasteiger partial charge on any atom is 0.251 e. The van der Waals surface area contributed by atoms with Gasteiger partial charge < -0.3 is 15.5 Å². The number of fused-ring (bicyclic) bond motifs is 2. The molecule has 1 atom stereocenters. The van der Waals surface area contributed by atoms with Crippen LogP contribution in [0.5, 0.6) is 0 Å². The summed E-state index contributed by atoms with van der Waals surface area (Å²) < 4.78 is 7.70. The molecule has 2 N–H and O–H groups in total. The molecule has 0 aliphatic carbocycles. The smallest absolute Gasteiger partial charge is 0.251 e. The van der Waals surface area contributed by atoms with Gasteiger partial charge in [0.15, 0.2) is 5.82 Å². The Morgan fingerprint density at radius 3 is 2.65 bits per heavy atom. The van der Waals surface area contributed by atoms with Crippen molar-refractivity contribution in [1.29, 1.82) is 0 Å². The second kappa shape index (κ2) is 7.76. The first kappa shape index (κ1) is 19.1. The zero-order valence-electron chi connectivity index (χ0n) is 17.3. The Bertz CT molecular complexity index is 1250. The number of nitrogens with zero attached hydrogens (tertiary/aromatic N) is 9. The zero-order chi connectivity index (χ0) is 21.4. The van der Waals surface area contributed by atoms with Crippen LogP contribution in [0.3, 0.4) is 0 Å². The minimum atomic E-state index is -0.201. The third kappa shape index (κ3) is 3.19. The summed E-state index contributed by atoms with van der Waals surface area (Å²) in [6.07, 6.45) is 0. The number of aromatic nitrogens is 8. The van der Waals surface area contributed by atoms with E-state index in [-0.39, 0.29) is 6.04 Å². The topological polar surface area (TPSA) is 126 Å². The molecule has 2 aromatic carbocycles. The van der Waals surface area contributed by atoms with E-state index in [0.717, 1.165) is 32.4 Å². The van der Waals surface area contributed by atoms with Gasteiger partial charge >= 0.3 is 0 Å². The monoisotopic (exact) mass is 418 g/mol. The Morgan fingerprint density at radius 1 is 1.03 bits per heavy atom. The van der Waals surface area contributed by atoms with E-state index in [1.165, 1.54) is 0 Å². The molecule has 11 nitrogen and oxygen atoms in total. The van der Waals surface area contributed by atoms with Gasteiger partial charge in [0.2, 0.25) is 0 Å². The van der Waals surface area contributed by atoms with Gasteiger partial charge in [-0.2, -0.15) is 4.68 Å². The molecular formula is C20H22N10O. The molecular weight excluding hydrogens is 396 g/mol. The van der Waals surface area contributed by atoms with Crippen LogP contribution in [0.1, 0.15) is 31.3 Å². The van der Waals surface area contributed by atoms with Crippen molar-refractivity contribution in [3.63, 3.8) is 0 Å². The van der Waals surface area contributed by atoms with Crippen molar-refractivity contribution in [2.45, 2.75) is 26.4 Å². The highest BCUT2D eigenvalue weighted by Crippen LogP contribution is 2.40. The predicted octanol–water partition coefficient (Wildman–Crippen LogP) is 1.45. The third-order valence-electron chi connectivity index (χ3n) is 5.60. The summed E-state index contributed by atoms with van der Waals surface area (Å²) in [4.78, 5) is 3.12. The van der Waals surface area contributed by atoms with E-state index >= 15 is 0 Å². The van der Waals surface area contributed by atoms with E-state index in [2.05, 4.69) is 61.4 Å². The van der Waals surface area contributed by atoms with Crippen LogP contribution in [0.25, 0.3) is 10.8 Å². The molecule has 158 valence electrons. The number of anilines is 1. The maximum atomic E-state index is 5.87. The summed E-state index contributed by atoms with van der Waals surface area (Å²) >= 11 is 0. The van der Waals surface area contributed by atoms with E-state index in [1.807, 2.05) is 35.6 Å². The fraction of sp³-hybridized carbons (Fsp3) is 0.300. The number of benzene rings is 2. The zero-order valence-corrected chi connectivity index (χ0v) is 17.3. The van der Waals surface area contributed by atoms with Gasteiger partial charge in [-0.15, -0.1) is 9.89 Å². The molecule has 2 aromatic heterocycles. The van der Waals surface area contributed by atoms with Crippen molar-refractivity contribution in [2.24, 2.45) is 0 Å². The standard InChI is InChI=1S/C20H22N10O/c1-3-31-12-17-13(2)28(11-18-22-24-27-30(18)21)20-23-25-26-29(20)19(17)16-10-6-8-14-7-4-5-9-15(14)16/h4-10,19H,3,11-12,21H2,1-2H3. The molecule has 1 unspecified atom stereocenters. The Hall–Kier alpha value is -3.86. The van der Waals surface area contributed by atoms with E-state index in [1.54, 1.807) is 0 Å². The Labute approximate surface area is 178 Å². The molecule has 11 heteroatoms. The van der Waals surface area contributed by atoms with Crippen molar-refractivity contribution in [2.75, 3.05) is 24.0 Å². The van der Waals surface area contributed by atoms with Crippen molar-refractivity contribution < 1.29 is 4.74 Å². The minimum Gasteiger partial charge on any atom is -0.377 e. The van der Waals surface area contributed by atoms with Crippen molar-refractivity contribution in [1.82, 2.24) is 40.5 Å². The van der Waals surface area contributed by atoms with Crippen molar-refractivity contribution >= 4 is 16.7 Å². The summed E-state index contributed by atoms with van der Waals surface area (Å²) in [6, 6.07) is 14.4. The lowest BCUT2D eigenvalue weighted by Gasteiger charge is -2.35. The summed E-state index contributed by atoms with van der Waals surface area (Å²) in [6.45, 7) is 5.39. The lowest BCUT2D eigenvalue weighted by atomic mass is 9.91. The second-order valence-electron chi connectivity index (χ2n) is 7.27. The van der Waals surface area contributed by atoms with Crippen LogP contribution in [0.4, 0.5) is 5.95 Å². The van der Waals surface area contributed by atoms with Crippen LogP contribution < -0.4 is 10.7 Å². The van der Waals surface area contributed by atoms with Crippen LogP contribution in [-0.4, -0.2) is 53.7 Å². The van der Waals surface area contributed by atoms with E-state index in [9.17, 15) is 0 Å². The molecule has 0 saturated heterocycles. The molecule has 3 heterocycles. The summed E-state index contributed by atoms with van der Waals surface area (Å²) in [5.74, 6) is 6.94. The summed E-state index contributed by atoms with van der Waals surface area (Å²) in [5.41, 5.74) is 3.16. The average Bonchev–Trinajstić information content (AvgIpc) is 3.43. The van der Waals surface area contributed by atoms with Gasteiger partial charge in [-0.25, -0.2) is 0 Å². The van der Waals surface area contributed by atoms with Crippen molar-refractivity contribution in [3.05, 3.63) is 65.1 Å². The molecule has 0 spiro atoms. The van der Waals surface area contributed by atoms with E-state index in [4.69, 9.17) is 10.6 Å². The number of rotatable bonds is 6. The molecule has 4 aromatic rings. The van der Waals surface area contributed by atoms with Gasteiger partial charge in [-0.3, -0.25) is 0 Å². The quantitative estimate of drug-likeness (QED) is 0.463.